The van der Waals surface area contributed by atoms with Gasteiger partial charge in [-0.3, -0.25) is 0 Å². The van der Waals surface area contributed by atoms with E-state index in [0.717, 1.165) is 55.7 Å². The van der Waals surface area contributed by atoms with Gasteiger partial charge in [0.15, 0.2) is 0 Å². The molecule has 16 aromatic rings. The van der Waals surface area contributed by atoms with Crippen LogP contribution >= 0.6 is 22.7 Å². The first kappa shape index (κ1) is 38.3. The van der Waals surface area contributed by atoms with E-state index in [0.29, 0.717) is 0 Å². The lowest BCUT2D eigenvalue weighted by Crippen LogP contribution is -2.00. The van der Waals surface area contributed by atoms with Crippen molar-refractivity contribution in [1.82, 2.24) is 19.1 Å². The van der Waals surface area contributed by atoms with Crippen molar-refractivity contribution in [2.45, 2.75) is 0 Å². The smallest absolute Gasteiger partial charge is 0.0979 e. The molecule has 5 heterocycles. The van der Waals surface area contributed by atoms with Crippen LogP contribution in [0.2, 0.25) is 0 Å². The fourth-order valence-electron chi connectivity index (χ4n) is 11.7. The van der Waals surface area contributed by atoms with Gasteiger partial charge in [-0.15, -0.1) is 22.7 Å². The number of fused-ring (bicyclic) bond motifs is 20. The lowest BCUT2D eigenvalue weighted by atomic mass is 9.97. The van der Waals surface area contributed by atoms with Crippen LogP contribution in [0.5, 0.6) is 0 Å². The normalized spacial score (nSPS) is 12.3. The fraction of sp³-hybridized carbons (Fsp3) is 0. The van der Waals surface area contributed by atoms with E-state index in [2.05, 4.69) is 228 Å². The first-order chi connectivity index (χ1) is 34.7. The summed E-state index contributed by atoms with van der Waals surface area (Å²) in [6.07, 6.45) is 0. The van der Waals surface area contributed by atoms with Crippen LogP contribution in [-0.2, 0) is 0 Å². The van der Waals surface area contributed by atoms with Crippen molar-refractivity contribution in [2.75, 3.05) is 0 Å². The van der Waals surface area contributed by atoms with Crippen LogP contribution in [0, 0.1) is 0 Å². The predicted molar refractivity (Wildman–Crippen MR) is 300 cm³/mol. The molecule has 0 N–H and O–H groups in total. The van der Waals surface area contributed by atoms with Crippen molar-refractivity contribution in [1.29, 1.82) is 0 Å². The Hall–Kier alpha value is -8.68. The Morgan fingerprint density at radius 2 is 0.671 bits per heavy atom. The summed E-state index contributed by atoms with van der Waals surface area (Å²) in [6, 6.07) is 79.7. The van der Waals surface area contributed by atoms with Crippen molar-refractivity contribution < 1.29 is 0 Å². The molecule has 0 unspecified atom stereocenters. The average Bonchev–Trinajstić information content (AvgIpc) is 4.18. The van der Waals surface area contributed by atoms with Crippen molar-refractivity contribution >= 4 is 139 Å². The topological polar surface area (TPSA) is 35.6 Å². The Morgan fingerprint density at radius 1 is 0.286 bits per heavy atom. The summed E-state index contributed by atoms with van der Waals surface area (Å²) in [5.41, 5.74) is 12.4. The van der Waals surface area contributed by atoms with Crippen LogP contribution < -0.4 is 0 Å². The third-order valence-electron chi connectivity index (χ3n) is 14.7. The van der Waals surface area contributed by atoms with Gasteiger partial charge in [0, 0.05) is 95.2 Å². The minimum atomic E-state index is 0.841. The maximum atomic E-state index is 5.78. The average molecular weight is 925 g/mol. The third kappa shape index (κ3) is 5.29. The maximum Gasteiger partial charge on any atom is 0.0979 e. The molecule has 0 aliphatic carbocycles. The minimum absolute atomic E-state index is 0.841. The van der Waals surface area contributed by atoms with E-state index in [1.807, 2.05) is 22.7 Å². The molecule has 0 aliphatic rings. The molecule has 16 rings (SSSR count). The Balaban J connectivity index is 0.959. The molecule has 0 amide bonds. The second kappa shape index (κ2) is 14.4. The van der Waals surface area contributed by atoms with Crippen molar-refractivity contribution in [2.24, 2.45) is 0 Å². The molecule has 0 atom stereocenters. The second-order valence-corrected chi connectivity index (χ2v) is 20.5. The second-order valence-electron chi connectivity index (χ2n) is 18.4. The van der Waals surface area contributed by atoms with Gasteiger partial charge in [0.1, 0.15) is 0 Å². The van der Waals surface area contributed by atoms with E-state index in [-0.39, 0.29) is 0 Å². The number of aromatic nitrogens is 4. The van der Waals surface area contributed by atoms with Crippen LogP contribution in [0.25, 0.3) is 150 Å². The third-order valence-corrected chi connectivity index (χ3v) is 17.1. The zero-order valence-electron chi connectivity index (χ0n) is 37.4. The van der Waals surface area contributed by atoms with E-state index < -0.39 is 0 Å². The van der Waals surface area contributed by atoms with Gasteiger partial charge in [-0.25, -0.2) is 9.97 Å². The van der Waals surface area contributed by atoms with E-state index in [1.54, 1.807) is 0 Å². The Bertz CT molecular complexity index is 4600. The van der Waals surface area contributed by atoms with Gasteiger partial charge in [0.25, 0.3) is 0 Å². The molecular weight excluding hydrogens is 889 g/mol. The van der Waals surface area contributed by atoms with Gasteiger partial charge in [-0.05, 0) is 71.4 Å². The van der Waals surface area contributed by atoms with Gasteiger partial charge in [-0.2, -0.15) is 0 Å². The number of hydrogen-bond donors (Lipinski definition) is 0. The first-order valence-electron chi connectivity index (χ1n) is 23.7. The number of nitrogens with zero attached hydrogens (tertiary/aromatic N) is 4. The Labute approximate surface area is 408 Å². The number of rotatable bonds is 4. The minimum Gasteiger partial charge on any atom is -0.309 e. The summed E-state index contributed by atoms with van der Waals surface area (Å²) in [7, 11) is 0. The Morgan fingerprint density at radius 3 is 1.13 bits per heavy atom. The van der Waals surface area contributed by atoms with Crippen LogP contribution in [0.3, 0.4) is 0 Å². The molecule has 4 nitrogen and oxygen atoms in total. The zero-order chi connectivity index (χ0) is 45.6. The summed E-state index contributed by atoms with van der Waals surface area (Å²) >= 11 is 3.77. The van der Waals surface area contributed by atoms with Gasteiger partial charge in [0.05, 0.1) is 44.5 Å². The predicted octanol–water partition coefficient (Wildman–Crippen LogP) is 18.2. The number of thiophene rings is 2. The molecule has 6 heteroatoms. The molecule has 0 aliphatic heterocycles. The van der Waals surface area contributed by atoms with Gasteiger partial charge < -0.3 is 9.13 Å². The molecule has 5 aromatic heterocycles. The van der Waals surface area contributed by atoms with E-state index in [1.165, 1.54) is 94.7 Å². The summed E-state index contributed by atoms with van der Waals surface area (Å²) in [5.74, 6) is 0. The highest BCUT2D eigenvalue weighted by Gasteiger charge is 2.23. The summed E-state index contributed by atoms with van der Waals surface area (Å²) in [5, 5.41) is 14.8. The monoisotopic (exact) mass is 924 g/mol. The highest BCUT2D eigenvalue weighted by molar-refractivity contribution is 7.27. The molecular formula is C64H36N4S2. The number of benzene rings is 11. The number of hydrogen-bond acceptors (Lipinski definition) is 4. The lowest BCUT2D eigenvalue weighted by Gasteiger charge is -2.16. The SMILES string of the molecule is c1cc(-c2nc3c4ccccc4c4ccccc4c3nc2-c2cccc(-n3c4ccccc4c4c5sc6ccccc6c5ccc43)c2)cc(-n2c3ccccc3c3c4sc5ccccc5c4ccc32)c1. The fourth-order valence-corrected chi connectivity index (χ4v) is 14.2. The van der Waals surface area contributed by atoms with E-state index >= 15 is 0 Å². The molecule has 0 saturated heterocycles. The number of para-hydroxylation sites is 2. The molecule has 0 fully saturated rings. The van der Waals surface area contributed by atoms with Crippen molar-refractivity contribution in [3.8, 4) is 33.9 Å². The van der Waals surface area contributed by atoms with Crippen molar-refractivity contribution in [3.05, 3.63) is 218 Å². The highest BCUT2D eigenvalue weighted by atomic mass is 32.1. The van der Waals surface area contributed by atoms with Crippen LogP contribution in [0.1, 0.15) is 0 Å². The van der Waals surface area contributed by atoms with E-state index in [9.17, 15) is 0 Å². The van der Waals surface area contributed by atoms with Crippen LogP contribution in [0.4, 0.5) is 0 Å². The van der Waals surface area contributed by atoms with Gasteiger partial charge in [0.2, 0.25) is 0 Å². The largest absolute Gasteiger partial charge is 0.309 e. The molecule has 11 aromatic carbocycles. The lowest BCUT2D eigenvalue weighted by molar-refractivity contribution is 1.17. The van der Waals surface area contributed by atoms with Crippen LogP contribution in [0.15, 0.2) is 218 Å². The Kier molecular flexibility index (Phi) is 7.89. The summed E-state index contributed by atoms with van der Waals surface area (Å²) < 4.78 is 10.1. The quantitative estimate of drug-likeness (QED) is 0.165. The van der Waals surface area contributed by atoms with Crippen LogP contribution in [-0.4, -0.2) is 19.1 Å². The van der Waals surface area contributed by atoms with Gasteiger partial charge in [-0.1, -0.05) is 158 Å². The highest BCUT2D eigenvalue weighted by Crippen LogP contribution is 2.46. The molecule has 0 saturated carbocycles. The molecule has 0 spiro atoms. The van der Waals surface area contributed by atoms with Gasteiger partial charge >= 0.3 is 0 Å². The van der Waals surface area contributed by atoms with E-state index in [4.69, 9.17) is 9.97 Å². The van der Waals surface area contributed by atoms with Crippen molar-refractivity contribution in [3.63, 3.8) is 0 Å². The maximum absolute atomic E-state index is 5.78. The zero-order valence-corrected chi connectivity index (χ0v) is 39.0. The molecule has 0 bridgehead atoms. The molecule has 70 heavy (non-hydrogen) atoms. The summed E-state index contributed by atoms with van der Waals surface area (Å²) in [4.78, 5) is 11.6. The standard InChI is InChI=1S/C64H36N4S2/c1-3-23-45-41(19-1)42-20-2-4-24-46(42)62-61(45)65-59(37-15-13-17-39(35-37)67-51-27-9-5-25-49(51)57-53(67)33-31-47-43-21-7-11-29-55(43)69-63(47)57)60(66-62)38-16-14-18-40(36-38)68-52-28-10-6-26-50(52)58-54(68)34-32-48-44-22-8-12-30-56(44)70-64(48)58/h1-36H. The molecule has 0 radical (unpaired) electrons. The molecule has 324 valence electrons. The first-order valence-corrected chi connectivity index (χ1v) is 25.4. The summed E-state index contributed by atoms with van der Waals surface area (Å²) in [6.45, 7) is 0.